The Labute approximate surface area is 171 Å². The van der Waals surface area contributed by atoms with Gasteiger partial charge in [-0.05, 0) is 48.7 Å². The fourth-order valence-corrected chi connectivity index (χ4v) is 2.87. The molecule has 29 heavy (non-hydrogen) atoms. The molecule has 0 spiro atoms. The number of halogens is 2. The van der Waals surface area contributed by atoms with Crippen molar-refractivity contribution in [3.63, 3.8) is 0 Å². The molecule has 1 heterocycles. The minimum Gasteiger partial charge on any atom is -0.400 e. The standard InChI is InChI=1S/C14H20N2O2.C7H6F2.CH4O/c1-11(17)15-7-4-8-16-14-10-18-9-12-5-2-3-6-13(12)14;1-5-2-6(8)4-7(9)3-5;1-2/h2-3,5-6,14,16H,4,7-10H2,1H3,(H,15,17);2-4H,1H3;2H,1H3. The van der Waals surface area contributed by atoms with E-state index in [4.69, 9.17) is 9.84 Å². The molecule has 2 aromatic rings. The minimum atomic E-state index is -0.521. The van der Waals surface area contributed by atoms with E-state index in [2.05, 4.69) is 28.8 Å². The number of hydrogen-bond donors (Lipinski definition) is 3. The van der Waals surface area contributed by atoms with Crippen molar-refractivity contribution in [2.45, 2.75) is 32.9 Å². The summed E-state index contributed by atoms with van der Waals surface area (Å²) in [5.41, 5.74) is 3.21. The van der Waals surface area contributed by atoms with Crippen LogP contribution in [0.4, 0.5) is 8.78 Å². The normalized spacial score (nSPS) is 14.5. The molecule has 0 radical (unpaired) electrons. The van der Waals surface area contributed by atoms with E-state index >= 15 is 0 Å². The van der Waals surface area contributed by atoms with Gasteiger partial charge in [-0.2, -0.15) is 0 Å². The molecule has 0 aliphatic carbocycles. The second kappa shape index (κ2) is 13.8. The summed E-state index contributed by atoms with van der Waals surface area (Å²) in [6, 6.07) is 12.1. The molecule has 3 N–H and O–H groups in total. The van der Waals surface area contributed by atoms with Gasteiger partial charge in [0.15, 0.2) is 0 Å². The van der Waals surface area contributed by atoms with Crippen LogP contribution in [-0.2, 0) is 16.1 Å². The van der Waals surface area contributed by atoms with Crippen LogP contribution in [0.2, 0.25) is 0 Å². The molecule has 0 saturated heterocycles. The summed E-state index contributed by atoms with van der Waals surface area (Å²) < 4.78 is 29.9. The van der Waals surface area contributed by atoms with Crippen LogP contribution in [0.5, 0.6) is 0 Å². The van der Waals surface area contributed by atoms with E-state index in [1.807, 2.05) is 6.07 Å². The van der Waals surface area contributed by atoms with Crippen LogP contribution < -0.4 is 10.6 Å². The Bertz CT molecular complexity index is 706. The third kappa shape index (κ3) is 9.60. The van der Waals surface area contributed by atoms with Crippen LogP contribution in [0.15, 0.2) is 42.5 Å². The van der Waals surface area contributed by atoms with Crippen LogP contribution in [0.25, 0.3) is 0 Å². The van der Waals surface area contributed by atoms with Crippen molar-refractivity contribution in [1.82, 2.24) is 10.6 Å². The van der Waals surface area contributed by atoms with Gasteiger partial charge in [0.05, 0.1) is 19.3 Å². The van der Waals surface area contributed by atoms with Gasteiger partial charge >= 0.3 is 0 Å². The fourth-order valence-electron chi connectivity index (χ4n) is 2.87. The molecule has 0 saturated carbocycles. The molecular formula is C22H30F2N2O3. The number of aryl methyl sites for hydroxylation is 1. The lowest BCUT2D eigenvalue weighted by Crippen LogP contribution is -2.32. The number of aliphatic hydroxyl groups is 1. The lowest BCUT2D eigenvalue weighted by Gasteiger charge is -2.26. The Morgan fingerprint density at radius 2 is 1.79 bits per heavy atom. The van der Waals surface area contributed by atoms with Crippen molar-refractivity contribution < 1.29 is 23.4 Å². The molecule has 1 amide bonds. The Morgan fingerprint density at radius 3 is 2.41 bits per heavy atom. The Hall–Kier alpha value is -2.35. The highest BCUT2D eigenvalue weighted by molar-refractivity contribution is 5.72. The monoisotopic (exact) mass is 408 g/mol. The molecule has 1 atom stereocenters. The molecule has 1 aliphatic rings. The summed E-state index contributed by atoms with van der Waals surface area (Å²) in [5.74, 6) is -1.01. The van der Waals surface area contributed by atoms with Gasteiger partial charge in [0.2, 0.25) is 5.91 Å². The summed E-state index contributed by atoms with van der Waals surface area (Å²) in [7, 11) is 1.00. The largest absolute Gasteiger partial charge is 0.400 e. The molecular weight excluding hydrogens is 378 g/mol. The summed E-state index contributed by atoms with van der Waals surface area (Å²) in [5, 5.41) is 13.3. The number of amides is 1. The van der Waals surface area contributed by atoms with E-state index in [9.17, 15) is 13.6 Å². The van der Waals surface area contributed by atoms with Crippen LogP contribution in [0, 0.1) is 18.6 Å². The van der Waals surface area contributed by atoms with Gasteiger partial charge in [-0.3, -0.25) is 4.79 Å². The summed E-state index contributed by atoms with van der Waals surface area (Å²) in [4.78, 5) is 10.7. The summed E-state index contributed by atoms with van der Waals surface area (Å²) in [6.45, 7) is 6.21. The molecule has 0 bridgehead atoms. The predicted octanol–water partition coefficient (Wildman–Crippen LogP) is 3.26. The van der Waals surface area contributed by atoms with Crippen molar-refractivity contribution in [2.24, 2.45) is 0 Å². The van der Waals surface area contributed by atoms with Crippen LogP contribution in [0.3, 0.4) is 0 Å². The van der Waals surface area contributed by atoms with Crippen molar-refractivity contribution in [1.29, 1.82) is 0 Å². The van der Waals surface area contributed by atoms with E-state index in [0.717, 1.165) is 39.3 Å². The lowest BCUT2D eigenvalue weighted by atomic mass is 9.99. The molecule has 0 fully saturated rings. The van der Waals surface area contributed by atoms with Gasteiger partial charge in [-0.15, -0.1) is 0 Å². The van der Waals surface area contributed by atoms with Gasteiger partial charge < -0.3 is 20.5 Å². The third-order valence-corrected chi connectivity index (χ3v) is 4.10. The summed E-state index contributed by atoms with van der Waals surface area (Å²) in [6.07, 6.45) is 0.929. The number of aliphatic hydroxyl groups excluding tert-OH is 1. The number of benzene rings is 2. The average molecular weight is 408 g/mol. The van der Waals surface area contributed by atoms with Gasteiger partial charge in [-0.25, -0.2) is 8.78 Å². The molecule has 1 unspecified atom stereocenters. The van der Waals surface area contributed by atoms with Crippen molar-refractivity contribution in [3.05, 3.63) is 70.8 Å². The highest BCUT2D eigenvalue weighted by Gasteiger charge is 2.19. The van der Waals surface area contributed by atoms with E-state index in [-0.39, 0.29) is 11.9 Å². The molecule has 2 aromatic carbocycles. The highest BCUT2D eigenvalue weighted by atomic mass is 19.1. The maximum absolute atomic E-state index is 12.2. The first-order chi connectivity index (χ1) is 14.0. The Balaban J connectivity index is 0.000000321. The zero-order valence-electron chi connectivity index (χ0n) is 17.2. The number of rotatable bonds is 5. The molecule has 7 heteroatoms. The number of hydrogen-bond acceptors (Lipinski definition) is 4. The van der Waals surface area contributed by atoms with Crippen molar-refractivity contribution in [3.8, 4) is 0 Å². The van der Waals surface area contributed by atoms with Crippen molar-refractivity contribution in [2.75, 3.05) is 26.8 Å². The van der Waals surface area contributed by atoms with Crippen LogP contribution in [0.1, 0.15) is 36.1 Å². The maximum Gasteiger partial charge on any atom is 0.216 e. The van der Waals surface area contributed by atoms with Gasteiger partial charge in [0.1, 0.15) is 11.6 Å². The van der Waals surface area contributed by atoms with E-state index < -0.39 is 11.6 Å². The molecule has 5 nitrogen and oxygen atoms in total. The zero-order chi connectivity index (χ0) is 21.6. The van der Waals surface area contributed by atoms with E-state index in [1.165, 1.54) is 23.3 Å². The van der Waals surface area contributed by atoms with Crippen molar-refractivity contribution >= 4 is 5.91 Å². The predicted molar refractivity (Wildman–Crippen MR) is 109 cm³/mol. The zero-order valence-corrected chi connectivity index (χ0v) is 17.2. The smallest absolute Gasteiger partial charge is 0.216 e. The second-order valence-electron chi connectivity index (χ2n) is 6.50. The number of carbonyl (C=O) groups excluding carboxylic acids is 1. The molecule has 0 aromatic heterocycles. The minimum absolute atomic E-state index is 0.0290. The fraction of sp³-hybridized carbons (Fsp3) is 0.409. The summed E-state index contributed by atoms with van der Waals surface area (Å²) >= 11 is 0. The number of ether oxygens (including phenoxy) is 1. The second-order valence-corrected chi connectivity index (χ2v) is 6.50. The van der Waals surface area contributed by atoms with Crippen LogP contribution >= 0.6 is 0 Å². The highest BCUT2D eigenvalue weighted by Crippen LogP contribution is 2.24. The molecule has 160 valence electrons. The number of fused-ring (bicyclic) bond motifs is 1. The Morgan fingerprint density at radius 1 is 1.14 bits per heavy atom. The lowest BCUT2D eigenvalue weighted by molar-refractivity contribution is -0.118. The van der Waals surface area contributed by atoms with Gasteiger partial charge in [-0.1, -0.05) is 24.3 Å². The quantitative estimate of drug-likeness (QED) is 0.665. The topological polar surface area (TPSA) is 70.6 Å². The van der Waals surface area contributed by atoms with E-state index in [1.54, 1.807) is 13.8 Å². The van der Waals surface area contributed by atoms with Crippen LogP contribution in [-0.4, -0.2) is 37.8 Å². The first kappa shape index (κ1) is 24.7. The van der Waals surface area contributed by atoms with E-state index in [0.29, 0.717) is 12.2 Å². The molecule has 3 rings (SSSR count). The first-order valence-corrected chi connectivity index (χ1v) is 9.46. The SMILES string of the molecule is CC(=O)NCCCNC1COCc2ccccc21.CO.Cc1cc(F)cc(F)c1. The first-order valence-electron chi connectivity index (χ1n) is 9.46. The maximum atomic E-state index is 12.2. The molecule has 1 aliphatic heterocycles. The van der Waals surface area contributed by atoms with Gasteiger partial charge in [0, 0.05) is 26.6 Å². The van der Waals surface area contributed by atoms with Gasteiger partial charge in [0.25, 0.3) is 0 Å². The number of nitrogens with one attached hydrogen (secondary N) is 2. The average Bonchev–Trinajstić information content (AvgIpc) is 2.68. The Kier molecular flexibility index (Phi) is 11.7. The number of carbonyl (C=O) groups is 1. The third-order valence-electron chi connectivity index (χ3n) is 4.10.